The van der Waals surface area contributed by atoms with Crippen LogP contribution >= 0.6 is 56.8 Å². The molecule has 0 unspecified atom stereocenters. The van der Waals surface area contributed by atoms with Crippen LogP contribution in [0.3, 0.4) is 0 Å². The van der Waals surface area contributed by atoms with Gasteiger partial charge >= 0.3 is 12.4 Å². The molecule has 0 amide bonds. The van der Waals surface area contributed by atoms with E-state index >= 15 is 0 Å². The number of hydrogen-bond donors (Lipinski definition) is 1. The fourth-order valence-corrected chi connectivity index (χ4v) is 2.42. The third-order valence-corrected chi connectivity index (χ3v) is 3.80. The second kappa shape index (κ2) is 8.21. The molecule has 3 nitrogen and oxygen atoms in total. The summed E-state index contributed by atoms with van der Waals surface area (Å²) in [6.07, 6.45) is -6.50. The molecule has 2 aromatic heterocycles. The van der Waals surface area contributed by atoms with Crippen LogP contribution in [0.1, 0.15) is 11.1 Å². The molecule has 0 bridgehead atoms. The zero-order valence-corrected chi connectivity index (χ0v) is 16.1. The highest BCUT2D eigenvalue weighted by molar-refractivity contribution is 14.1. The first-order chi connectivity index (χ1) is 10.8. The van der Waals surface area contributed by atoms with Crippen molar-refractivity contribution in [2.45, 2.75) is 12.4 Å². The van der Waals surface area contributed by atoms with Crippen molar-refractivity contribution >= 4 is 56.8 Å². The second-order valence-corrected chi connectivity index (χ2v) is 6.90. The minimum atomic E-state index is -4.57. The van der Waals surface area contributed by atoms with E-state index < -0.39 is 34.2 Å². The highest BCUT2D eigenvalue weighted by Gasteiger charge is 2.34. The van der Waals surface area contributed by atoms with Crippen LogP contribution < -0.4 is 5.56 Å². The molecule has 0 spiro atoms. The lowest BCUT2D eigenvalue weighted by Gasteiger charge is -2.07. The largest absolute Gasteiger partial charge is 0.421 e. The Bertz CT molecular complexity index is 775. The van der Waals surface area contributed by atoms with Crippen molar-refractivity contribution in [1.29, 1.82) is 0 Å². The number of nitrogens with one attached hydrogen (secondary N) is 1. The Morgan fingerprint density at radius 2 is 1.46 bits per heavy atom. The molecule has 12 heteroatoms. The van der Waals surface area contributed by atoms with Crippen molar-refractivity contribution in [3.63, 3.8) is 0 Å². The van der Waals surface area contributed by atoms with E-state index in [1.165, 1.54) is 12.4 Å². The number of aromatic amines is 1. The molecular weight excluding hydrogens is 591 g/mol. The maximum Gasteiger partial charge on any atom is 0.421 e. The Morgan fingerprint density at radius 1 is 0.958 bits per heavy atom. The van der Waals surface area contributed by atoms with Gasteiger partial charge < -0.3 is 4.98 Å². The van der Waals surface area contributed by atoms with E-state index in [9.17, 15) is 31.1 Å². The molecule has 0 radical (unpaired) electrons. The van der Waals surface area contributed by atoms with Crippen molar-refractivity contribution in [2.24, 2.45) is 0 Å². The van der Waals surface area contributed by atoms with E-state index in [0.717, 1.165) is 12.1 Å². The first kappa shape index (κ1) is 21.5. The molecule has 0 atom stereocenters. The first-order valence-electron chi connectivity index (χ1n) is 5.66. The molecular formula is C12H5ClF6I2N2O. The number of H-pyrrole nitrogens is 1. The van der Waals surface area contributed by atoms with Gasteiger partial charge in [0.2, 0.25) is 0 Å². The van der Waals surface area contributed by atoms with Crippen LogP contribution in [-0.4, -0.2) is 9.97 Å². The third-order valence-electron chi connectivity index (χ3n) is 2.28. The minimum absolute atomic E-state index is 0.347. The van der Waals surface area contributed by atoms with Gasteiger partial charge in [0.15, 0.2) is 0 Å². The van der Waals surface area contributed by atoms with E-state index in [0.29, 0.717) is 7.14 Å². The number of halogens is 9. The van der Waals surface area contributed by atoms with Gasteiger partial charge in [-0.05, 0) is 57.3 Å². The molecule has 0 fully saturated rings. The maximum absolute atomic E-state index is 12.1. The Labute approximate surface area is 163 Å². The second-order valence-electron chi connectivity index (χ2n) is 4.05. The average Bonchev–Trinajstić information content (AvgIpc) is 2.42. The number of hydrogen-bond acceptors (Lipinski definition) is 2. The van der Waals surface area contributed by atoms with Crippen molar-refractivity contribution in [3.8, 4) is 0 Å². The van der Waals surface area contributed by atoms with Gasteiger partial charge in [0, 0.05) is 19.5 Å². The van der Waals surface area contributed by atoms with Gasteiger partial charge in [-0.15, -0.1) is 0 Å². The topological polar surface area (TPSA) is 45.8 Å². The van der Waals surface area contributed by atoms with Crippen LogP contribution in [0, 0.1) is 7.14 Å². The molecule has 0 saturated carbocycles. The number of alkyl halides is 6. The molecule has 2 aromatic rings. The predicted molar refractivity (Wildman–Crippen MR) is 91.7 cm³/mol. The molecule has 0 aliphatic heterocycles. The summed E-state index contributed by atoms with van der Waals surface area (Å²) in [6.45, 7) is 0. The Balaban J connectivity index is 0.000000240. The predicted octanol–water partition coefficient (Wildman–Crippen LogP) is 5.36. The van der Waals surface area contributed by atoms with Crippen molar-refractivity contribution in [2.75, 3.05) is 0 Å². The molecule has 0 aliphatic carbocycles. The first-order valence-corrected chi connectivity index (χ1v) is 8.19. The third kappa shape index (κ3) is 6.38. The summed E-state index contributed by atoms with van der Waals surface area (Å²) in [7, 11) is 0. The van der Waals surface area contributed by atoms with Gasteiger partial charge in [-0.25, -0.2) is 4.98 Å². The minimum Gasteiger partial charge on any atom is -0.328 e. The van der Waals surface area contributed by atoms with Crippen LogP contribution in [-0.2, 0) is 12.4 Å². The summed E-state index contributed by atoms with van der Waals surface area (Å²) in [4.78, 5) is 16.0. The van der Waals surface area contributed by atoms with Gasteiger partial charge in [0.25, 0.3) is 5.56 Å². The van der Waals surface area contributed by atoms with Crippen molar-refractivity contribution < 1.29 is 26.3 Å². The summed E-state index contributed by atoms with van der Waals surface area (Å²) in [6, 6.07) is 1.76. The Kier molecular flexibility index (Phi) is 7.34. The lowest BCUT2D eigenvalue weighted by Crippen LogP contribution is -2.21. The Hall–Kier alpha value is -0.570. The summed E-state index contributed by atoms with van der Waals surface area (Å²) in [5.41, 5.74) is -3.16. The summed E-state index contributed by atoms with van der Waals surface area (Å²) in [5, 5.41) is -0.511. The molecule has 2 heterocycles. The maximum atomic E-state index is 12.1. The van der Waals surface area contributed by atoms with E-state index in [4.69, 9.17) is 11.6 Å². The highest BCUT2D eigenvalue weighted by atomic mass is 127. The lowest BCUT2D eigenvalue weighted by atomic mass is 10.3. The molecule has 0 saturated heterocycles. The van der Waals surface area contributed by atoms with Gasteiger partial charge in [0.1, 0.15) is 10.7 Å². The van der Waals surface area contributed by atoms with E-state index in [1.807, 2.05) is 4.98 Å². The zero-order valence-electron chi connectivity index (χ0n) is 11.1. The fraction of sp³-hybridized carbons (Fsp3) is 0.167. The Morgan fingerprint density at radius 3 is 1.88 bits per heavy atom. The van der Waals surface area contributed by atoms with Gasteiger partial charge in [-0.2, -0.15) is 26.3 Å². The molecule has 0 aromatic carbocycles. The van der Waals surface area contributed by atoms with E-state index in [1.54, 1.807) is 45.2 Å². The SMILES string of the molecule is FC(F)(F)c1cc(I)cnc1Cl.O=c1[nH]cc(I)cc1C(F)(F)F. The van der Waals surface area contributed by atoms with Crippen molar-refractivity contribution in [1.82, 2.24) is 9.97 Å². The van der Waals surface area contributed by atoms with Crippen LogP contribution in [0.25, 0.3) is 0 Å². The highest BCUT2D eigenvalue weighted by Crippen LogP contribution is 2.34. The van der Waals surface area contributed by atoms with Crippen LogP contribution in [0.2, 0.25) is 5.15 Å². The summed E-state index contributed by atoms with van der Waals surface area (Å²) in [5.74, 6) is 0. The van der Waals surface area contributed by atoms with Gasteiger partial charge in [-0.1, -0.05) is 11.6 Å². The van der Waals surface area contributed by atoms with Crippen LogP contribution in [0.5, 0.6) is 0 Å². The molecule has 132 valence electrons. The van der Waals surface area contributed by atoms with Crippen molar-refractivity contribution in [3.05, 3.63) is 58.3 Å². The quantitative estimate of drug-likeness (QED) is 0.253. The average molecular weight is 596 g/mol. The monoisotopic (exact) mass is 596 g/mol. The summed E-state index contributed by atoms with van der Waals surface area (Å²) < 4.78 is 73.1. The number of aromatic nitrogens is 2. The molecule has 2 rings (SSSR count). The summed E-state index contributed by atoms with van der Waals surface area (Å²) >= 11 is 8.68. The smallest absolute Gasteiger partial charge is 0.328 e. The fourth-order valence-electron chi connectivity index (χ4n) is 1.29. The van der Waals surface area contributed by atoms with Gasteiger partial charge in [-0.3, -0.25) is 4.79 Å². The molecule has 0 aliphatic rings. The van der Waals surface area contributed by atoms with Crippen LogP contribution in [0.15, 0.2) is 29.3 Å². The molecule has 1 N–H and O–H groups in total. The van der Waals surface area contributed by atoms with Gasteiger partial charge in [0.05, 0.1) is 5.56 Å². The zero-order chi connectivity index (χ0) is 18.7. The number of pyridine rings is 2. The van der Waals surface area contributed by atoms with E-state index in [2.05, 4.69) is 4.98 Å². The van der Waals surface area contributed by atoms with Crippen LogP contribution in [0.4, 0.5) is 26.3 Å². The lowest BCUT2D eigenvalue weighted by molar-refractivity contribution is -0.139. The van der Waals surface area contributed by atoms with E-state index in [-0.39, 0.29) is 0 Å². The number of rotatable bonds is 0. The molecule has 24 heavy (non-hydrogen) atoms. The normalized spacial score (nSPS) is 11.7. The standard InChI is InChI=1S/C6H2ClF3IN.C6H3F3INO/c7-5-4(6(8,9)10)1-3(11)2-12-5;7-6(8,9)4-1-3(10)2-11-5(4)12/h1-2H;1-2H,(H,11,12). The number of nitrogens with zero attached hydrogens (tertiary/aromatic N) is 1.